The fourth-order valence-electron chi connectivity index (χ4n) is 1.78. The maximum Gasteiger partial charge on any atom is 0.0684 e. The summed E-state index contributed by atoms with van der Waals surface area (Å²) in [6.07, 6.45) is 5.00. The fourth-order valence-corrected chi connectivity index (χ4v) is 1.78. The summed E-state index contributed by atoms with van der Waals surface area (Å²) < 4.78 is 0. The SMILES string of the molecule is C=CCc1cc(CO)c(CC=C)cc1CO. The van der Waals surface area contributed by atoms with E-state index in [0.717, 1.165) is 22.3 Å². The summed E-state index contributed by atoms with van der Waals surface area (Å²) >= 11 is 0. The monoisotopic (exact) mass is 218 g/mol. The average molecular weight is 218 g/mol. The molecule has 0 spiro atoms. The van der Waals surface area contributed by atoms with Crippen molar-refractivity contribution in [3.63, 3.8) is 0 Å². The number of allylic oxidation sites excluding steroid dienone is 2. The topological polar surface area (TPSA) is 40.5 Å². The molecule has 0 unspecified atom stereocenters. The van der Waals surface area contributed by atoms with Crippen LogP contribution in [0.15, 0.2) is 37.4 Å². The zero-order chi connectivity index (χ0) is 12.0. The Hall–Kier alpha value is -1.38. The van der Waals surface area contributed by atoms with Crippen LogP contribution in [0.5, 0.6) is 0 Å². The van der Waals surface area contributed by atoms with Gasteiger partial charge < -0.3 is 10.2 Å². The Morgan fingerprint density at radius 2 is 1.19 bits per heavy atom. The second kappa shape index (κ2) is 6.26. The van der Waals surface area contributed by atoms with Gasteiger partial charge >= 0.3 is 0 Å². The van der Waals surface area contributed by atoms with Gasteiger partial charge in [-0.3, -0.25) is 0 Å². The predicted molar refractivity (Wildman–Crippen MR) is 66.1 cm³/mol. The molecule has 0 heterocycles. The van der Waals surface area contributed by atoms with Crippen molar-refractivity contribution in [2.45, 2.75) is 26.1 Å². The van der Waals surface area contributed by atoms with Crippen molar-refractivity contribution in [1.29, 1.82) is 0 Å². The van der Waals surface area contributed by atoms with Crippen molar-refractivity contribution >= 4 is 0 Å². The summed E-state index contributed by atoms with van der Waals surface area (Å²) in [5, 5.41) is 18.6. The van der Waals surface area contributed by atoms with Crippen LogP contribution in [0.25, 0.3) is 0 Å². The molecule has 0 radical (unpaired) electrons. The molecule has 0 bridgehead atoms. The van der Waals surface area contributed by atoms with Crippen LogP contribution >= 0.6 is 0 Å². The molecule has 0 saturated carbocycles. The molecule has 0 saturated heterocycles. The molecule has 2 heteroatoms. The number of hydrogen-bond acceptors (Lipinski definition) is 2. The molecule has 0 aliphatic carbocycles. The molecule has 16 heavy (non-hydrogen) atoms. The highest BCUT2D eigenvalue weighted by atomic mass is 16.3. The van der Waals surface area contributed by atoms with Crippen molar-refractivity contribution in [2.24, 2.45) is 0 Å². The quantitative estimate of drug-likeness (QED) is 0.718. The molecule has 1 rings (SSSR count). The number of hydrogen-bond donors (Lipinski definition) is 2. The average Bonchev–Trinajstić information content (AvgIpc) is 2.31. The molecule has 0 aliphatic heterocycles. The van der Waals surface area contributed by atoms with E-state index in [-0.39, 0.29) is 13.2 Å². The van der Waals surface area contributed by atoms with Gasteiger partial charge in [-0.2, -0.15) is 0 Å². The third-order valence-electron chi connectivity index (χ3n) is 2.59. The Kier molecular flexibility index (Phi) is 4.96. The zero-order valence-electron chi connectivity index (χ0n) is 9.45. The Balaban J connectivity index is 3.21. The first-order valence-corrected chi connectivity index (χ1v) is 5.33. The third-order valence-corrected chi connectivity index (χ3v) is 2.59. The maximum absolute atomic E-state index is 9.28. The van der Waals surface area contributed by atoms with Crippen molar-refractivity contribution in [2.75, 3.05) is 0 Å². The second-order valence-corrected chi connectivity index (χ2v) is 3.69. The molecule has 0 aromatic heterocycles. The van der Waals surface area contributed by atoms with E-state index in [9.17, 15) is 10.2 Å². The molecule has 2 nitrogen and oxygen atoms in total. The maximum atomic E-state index is 9.28. The van der Waals surface area contributed by atoms with E-state index in [4.69, 9.17) is 0 Å². The van der Waals surface area contributed by atoms with E-state index in [1.807, 2.05) is 12.1 Å². The Labute approximate surface area is 96.6 Å². The van der Waals surface area contributed by atoms with Gasteiger partial charge in [-0.25, -0.2) is 0 Å². The largest absolute Gasteiger partial charge is 0.392 e. The minimum Gasteiger partial charge on any atom is -0.392 e. The number of aliphatic hydroxyl groups is 2. The molecule has 0 atom stereocenters. The normalized spacial score (nSPS) is 10.1. The number of rotatable bonds is 6. The van der Waals surface area contributed by atoms with Crippen LogP contribution in [0.3, 0.4) is 0 Å². The predicted octanol–water partition coefficient (Wildman–Crippen LogP) is 2.13. The first-order chi connectivity index (χ1) is 7.76. The van der Waals surface area contributed by atoms with Gasteiger partial charge in [0.05, 0.1) is 13.2 Å². The molecule has 0 aliphatic rings. The smallest absolute Gasteiger partial charge is 0.0684 e. The van der Waals surface area contributed by atoms with Crippen LogP contribution in [0.1, 0.15) is 22.3 Å². The number of aliphatic hydroxyl groups excluding tert-OH is 2. The summed E-state index contributed by atoms with van der Waals surface area (Å²) in [6, 6.07) is 3.87. The van der Waals surface area contributed by atoms with Crippen LogP contribution in [-0.2, 0) is 26.1 Å². The highest BCUT2D eigenvalue weighted by molar-refractivity contribution is 5.39. The fraction of sp³-hybridized carbons (Fsp3) is 0.286. The molecule has 0 amide bonds. The van der Waals surface area contributed by atoms with Gasteiger partial charge in [0.25, 0.3) is 0 Å². The van der Waals surface area contributed by atoms with E-state index < -0.39 is 0 Å². The Morgan fingerprint density at radius 3 is 1.44 bits per heavy atom. The van der Waals surface area contributed by atoms with Gasteiger partial charge in [0.15, 0.2) is 0 Å². The van der Waals surface area contributed by atoms with Gasteiger partial charge in [0.2, 0.25) is 0 Å². The zero-order valence-corrected chi connectivity index (χ0v) is 9.45. The van der Waals surface area contributed by atoms with Gasteiger partial charge in [-0.15, -0.1) is 13.2 Å². The Morgan fingerprint density at radius 1 is 0.812 bits per heavy atom. The first kappa shape index (κ1) is 12.7. The van der Waals surface area contributed by atoms with Crippen LogP contribution in [-0.4, -0.2) is 10.2 Å². The highest BCUT2D eigenvalue weighted by Crippen LogP contribution is 2.19. The van der Waals surface area contributed by atoms with Crippen LogP contribution in [0.4, 0.5) is 0 Å². The Bertz CT molecular complexity index is 343. The molecular weight excluding hydrogens is 200 g/mol. The van der Waals surface area contributed by atoms with Gasteiger partial charge in [0, 0.05) is 0 Å². The van der Waals surface area contributed by atoms with E-state index in [2.05, 4.69) is 13.2 Å². The minimum atomic E-state index is 0.0129. The first-order valence-electron chi connectivity index (χ1n) is 5.33. The lowest BCUT2D eigenvalue weighted by molar-refractivity contribution is 0.276. The lowest BCUT2D eigenvalue weighted by Crippen LogP contribution is -2.01. The number of benzene rings is 1. The third kappa shape index (κ3) is 2.81. The summed E-state index contributed by atoms with van der Waals surface area (Å²) in [6.45, 7) is 7.40. The van der Waals surface area contributed by atoms with Crippen LogP contribution in [0, 0.1) is 0 Å². The molecule has 86 valence electrons. The minimum absolute atomic E-state index is 0.0129. The molecular formula is C14H18O2. The van der Waals surface area contributed by atoms with E-state index in [0.29, 0.717) is 12.8 Å². The standard InChI is InChI=1S/C14H18O2/c1-3-5-11-7-14(10-16)12(6-4-2)8-13(11)9-15/h3-4,7-8,15-16H,1-2,5-6,9-10H2. The van der Waals surface area contributed by atoms with E-state index in [1.165, 1.54) is 0 Å². The van der Waals surface area contributed by atoms with E-state index in [1.54, 1.807) is 12.2 Å². The van der Waals surface area contributed by atoms with Gasteiger partial charge in [-0.1, -0.05) is 24.3 Å². The second-order valence-electron chi connectivity index (χ2n) is 3.69. The van der Waals surface area contributed by atoms with Crippen molar-refractivity contribution < 1.29 is 10.2 Å². The summed E-state index contributed by atoms with van der Waals surface area (Å²) in [5.41, 5.74) is 3.84. The lowest BCUT2D eigenvalue weighted by Gasteiger charge is -2.12. The van der Waals surface area contributed by atoms with Gasteiger partial charge in [0.1, 0.15) is 0 Å². The van der Waals surface area contributed by atoms with Crippen LogP contribution < -0.4 is 0 Å². The van der Waals surface area contributed by atoms with Crippen LogP contribution in [0.2, 0.25) is 0 Å². The molecule has 2 N–H and O–H groups in total. The van der Waals surface area contributed by atoms with E-state index >= 15 is 0 Å². The molecule has 0 fully saturated rings. The van der Waals surface area contributed by atoms with Crippen molar-refractivity contribution in [1.82, 2.24) is 0 Å². The van der Waals surface area contributed by atoms with Gasteiger partial charge in [-0.05, 0) is 35.1 Å². The summed E-state index contributed by atoms with van der Waals surface area (Å²) in [4.78, 5) is 0. The van der Waals surface area contributed by atoms with Crippen molar-refractivity contribution in [3.05, 3.63) is 59.7 Å². The molecule has 1 aromatic carbocycles. The van der Waals surface area contributed by atoms with Crippen molar-refractivity contribution in [3.8, 4) is 0 Å². The summed E-state index contributed by atoms with van der Waals surface area (Å²) in [7, 11) is 0. The lowest BCUT2D eigenvalue weighted by atomic mass is 9.95. The highest BCUT2D eigenvalue weighted by Gasteiger charge is 2.07. The molecule has 1 aromatic rings. The summed E-state index contributed by atoms with van der Waals surface area (Å²) in [5.74, 6) is 0.